The molecule has 0 bridgehead atoms. The van der Waals surface area contributed by atoms with Gasteiger partial charge in [-0.3, -0.25) is 0 Å². The molecule has 1 saturated heterocycles. The molecule has 1 aliphatic rings. The van der Waals surface area contributed by atoms with Gasteiger partial charge in [-0.1, -0.05) is 0 Å². The van der Waals surface area contributed by atoms with Crippen molar-refractivity contribution in [2.24, 2.45) is 0 Å². The third-order valence-corrected chi connectivity index (χ3v) is 3.25. The van der Waals surface area contributed by atoms with Gasteiger partial charge in [0.1, 0.15) is 11.8 Å². The predicted molar refractivity (Wildman–Crippen MR) is 67.9 cm³/mol. The van der Waals surface area contributed by atoms with Crippen LogP contribution in [0.1, 0.15) is 18.5 Å². The average Bonchev–Trinajstić information content (AvgIpc) is 2.89. The first-order valence-electron chi connectivity index (χ1n) is 6.09. The predicted octanol–water partition coefficient (Wildman–Crippen LogP) is 1.49. The Labute approximate surface area is 102 Å². The van der Waals surface area contributed by atoms with Gasteiger partial charge in [0.2, 0.25) is 0 Å². The minimum absolute atomic E-state index is 0.474. The highest BCUT2D eigenvalue weighted by molar-refractivity contribution is 5.44. The average molecular weight is 230 g/mol. The molecule has 0 radical (unpaired) electrons. The molecule has 1 fully saturated rings. The summed E-state index contributed by atoms with van der Waals surface area (Å²) in [6, 6.07) is 5.75. The first-order chi connectivity index (χ1) is 8.29. The van der Waals surface area contributed by atoms with E-state index in [-0.39, 0.29) is 0 Å². The molecular formula is C13H18N4. The molecule has 1 aliphatic heterocycles. The molecule has 2 heterocycles. The highest BCUT2D eigenvalue weighted by Crippen LogP contribution is 2.12. The van der Waals surface area contributed by atoms with Gasteiger partial charge in [0.25, 0.3) is 0 Å². The van der Waals surface area contributed by atoms with Crippen LogP contribution in [0.3, 0.4) is 0 Å². The van der Waals surface area contributed by atoms with Crippen LogP contribution >= 0.6 is 0 Å². The van der Waals surface area contributed by atoms with E-state index in [0.29, 0.717) is 5.69 Å². The smallest absolute Gasteiger partial charge is 0.140 e. The summed E-state index contributed by atoms with van der Waals surface area (Å²) in [6.45, 7) is 4.59. The van der Waals surface area contributed by atoms with Gasteiger partial charge in [-0.15, -0.1) is 0 Å². The number of anilines is 1. The van der Waals surface area contributed by atoms with Crippen LogP contribution in [0.4, 0.5) is 5.69 Å². The van der Waals surface area contributed by atoms with Gasteiger partial charge < -0.3 is 9.80 Å². The second-order valence-corrected chi connectivity index (χ2v) is 4.48. The maximum absolute atomic E-state index is 8.68. The largest absolute Gasteiger partial charge is 0.372 e. The van der Waals surface area contributed by atoms with E-state index in [4.69, 9.17) is 5.26 Å². The Morgan fingerprint density at radius 3 is 2.76 bits per heavy atom. The van der Waals surface area contributed by atoms with Gasteiger partial charge in [0.15, 0.2) is 0 Å². The van der Waals surface area contributed by atoms with E-state index >= 15 is 0 Å². The minimum Gasteiger partial charge on any atom is -0.372 e. The SMILES string of the molecule is CN(CCN1CCCC1)c1ccc(C#N)nc1. The number of hydrogen-bond donors (Lipinski definition) is 0. The van der Waals surface area contributed by atoms with Gasteiger partial charge >= 0.3 is 0 Å². The molecule has 2 rings (SSSR count). The van der Waals surface area contributed by atoms with E-state index in [1.807, 2.05) is 12.1 Å². The number of hydrogen-bond acceptors (Lipinski definition) is 4. The van der Waals surface area contributed by atoms with Gasteiger partial charge in [-0.25, -0.2) is 4.98 Å². The van der Waals surface area contributed by atoms with Crippen LogP contribution < -0.4 is 4.90 Å². The fourth-order valence-corrected chi connectivity index (χ4v) is 2.10. The molecule has 0 amide bonds. The molecule has 1 aromatic heterocycles. The molecule has 0 aliphatic carbocycles. The molecule has 0 N–H and O–H groups in total. The van der Waals surface area contributed by atoms with Gasteiger partial charge in [-0.2, -0.15) is 5.26 Å². The van der Waals surface area contributed by atoms with Crippen molar-refractivity contribution in [2.45, 2.75) is 12.8 Å². The maximum Gasteiger partial charge on any atom is 0.140 e. The summed E-state index contributed by atoms with van der Waals surface area (Å²) >= 11 is 0. The zero-order valence-corrected chi connectivity index (χ0v) is 10.3. The number of pyridine rings is 1. The summed E-state index contributed by atoms with van der Waals surface area (Å²) in [7, 11) is 2.07. The molecule has 1 aromatic rings. The Kier molecular flexibility index (Phi) is 3.94. The minimum atomic E-state index is 0.474. The number of likely N-dealkylation sites (N-methyl/N-ethyl adjacent to an activating group) is 1. The van der Waals surface area contributed by atoms with Crippen molar-refractivity contribution in [3.63, 3.8) is 0 Å². The fraction of sp³-hybridized carbons (Fsp3) is 0.538. The molecule has 4 heteroatoms. The molecule has 90 valence electrons. The van der Waals surface area contributed by atoms with Crippen LogP contribution in [0.2, 0.25) is 0 Å². The summed E-state index contributed by atoms with van der Waals surface area (Å²) in [4.78, 5) is 8.76. The van der Waals surface area contributed by atoms with Crippen LogP contribution in [0.5, 0.6) is 0 Å². The summed E-state index contributed by atoms with van der Waals surface area (Å²) in [5.74, 6) is 0. The fourth-order valence-electron chi connectivity index (χ4n) is 2.10. The summed E-state index contributed by atoms with van der Waals surface area (Å²) in [5.41, 5.74) is 1.55. The number of likely N-dealkylation sites (tertiary alicyclic amines) is 1. The first-order valence-corrected chi connectivity index (χ1v) is 6.09. The number of nitriles is 1. The van der Waals surface area contributed by atoms with Crippen molar-refractivity contribution in [3.05, 3.63) is 24.0 Å². The van der Waals surface area contributed by atoms with E-state index in [0.717, 1.165) is 18.8 Å². The number of rotatable bonds is 4. The van der Waals surface area contributed by atoms with Crippen molar-refractivity contribution in [3.8, 4) is 6.07 Å². The normalized spacial score (nSPS) is 15.8. The zero-order chi connectivity index (χ0) is 12.1. The Morgan fingerprint density at radius 1 is 1.41 bits per heavy atom. The Morgan fingerprint density at radius 2 is 2.18 bits per heavy atom. The molecule has 17 heavy (non-hydrogen) atoms. The monoisotopic (exact) mass is 230 g/mol. The van der Waals surface area contributed by atoms with E-state index in [1.54, 1.807) is 12.3 Å². The van der Waals surface area contributed by atoms with Gasteiger partial charge in [0, 0.05) is 20.1 Å². The molecule has 0 saturated carbocycles. The van der Waals surface area contributed by atoms with Crippen molar-refractivity contribution in [1.82, 2.24) is 9.88 Å². The Balaban J connectivity index is 1.85. The Hall–Kier alpha value is -1.60. The highest BCUT2D eigenvalue weighted by atomic mass is 15.2. The third kappa shape index (κ3) is 3.18. The summed E-state index contributed by atoms with van der Waals surface area (Å²) in [6.07, 6.45) is 4.44. The highest BCUT2D eigenvalue weighted by Gasteiger charge is 2.11. The lowest BCUT2D eigenvalue weighted by Crippen LogP contribution is -2.31. The lowest BCUT2D eigenvalue weighted by Gasteiger charge is -2.22. The number of nitrogens with zero attached hydrogens (tertiary/aromatic N) is 4. The van der Waals surface area contributed by atoms with Crippen LogP contribution in [0.15, 0.2) is 18.3 Å². The first kappa shape index (κ1) is 11.9. The van der Waals surface area contributed by atoms with Crippen LogP contribution in [-0.2, 0) is 0 Å². The van der Waals surface area contributed by atoms with E-state index in [1.165, 1.54) is 25.9 Å². The van der Waals surface area contributed by atoms with Crippen LogP contribution in [-0.4, -0.2) is 43.1 Å². The van der Waals surface area contributed by atoms with Crippen molar-refractivity contribution in [1.29, 1.82) is 5.26 Å². The van der Waals surface area contributed by atoms with E-state index in [9.17, 15) is 0 Å². The summed E-state index contributed by atoms with van der Waals surface area (Å²) < 4.78 is 0. The number of aromatic nitrogens is 1. The van der Waals surface area contributed by atoms with Crippen LogP contribution in [0, 0.1) is 11.3 Å². The molecule has 0 aromatic carbocycles. The van der Waals surface area contributed by atoms with Crippen molar-refractivity contribution >= 4 is 5.69 Å². The molecular weight excluding hydrogens is 212 g/mol. The van der Waals surface area contributed by atoms with E-state index in [2.05, 4.69) is 21.8 Å². The quantitative estimate of drug-likeness (QED) is 0.786. The van der Waals surface area contributed by atoms with Crippen LogP contribution in [0.25, 0.3) is 0 Å². The molecule has 0 spiro atoms. The standard InChI is InChI=1S/C13H18N4/c1-16(8-9-17-6-2-3-7-17)13-5-4-12(10-14)15-11-13/h4-5,11H,2-3,6-9H2,1H3. The second kappa shape index (κ2) is 5.65. The molecule has 4 nitrogen and oxygen atoms in total. The van der Waals surface area contributed by atoms with E-state index < -0.39 is 0 Å². The second-order valence-electron chi connectivity index (χ2n) is 4.48. The Bertz CT molecular complexity index is 387. The summed E-state index contributed by atoms with van der Waals surface area (Å²) in [5, 5.41) is 8.68. The molecule has 0 unspecified atom stereocenters. The van der Waals surface area contributed by atoms with Crippen molar-refractivity contribution < 1.29 is 0 Å². The van der Waals surface area contributed by atoms with Gasteiger partial charge in [0.05, 0.1) is 11.9 Å². The molecule has 0 atom stereocenters. The van der Waals surface area contributed by atoms with Crippen molar-refractivity contribution in [2.75, 3.05) is 38.1 Å². The lowest BCUT2D eigenvalue weighted by atomic mass is 10.3. The third-order valence-electron chi connectivity index (χ3n) is 3.25. The van der Waals surface area contributed by atoms with Gasteiger partial charge in [-0.05, 0) is 38.1 Å². The zero-order valence-electron chi connectivity index (χ0n) is 10.3. The lowest BCUT2D eigenvalue weighted by molar-refractivity contribution is 0.346. The topological polar surface area (TPSA) is 43.2 Å². The maximum atomic E-state index is 8.68.